The van der Waals surface area contributed by atoms with Crippen molar-refractivity contribution in [1.82, 2.24) is 5.32 Å². The summed E-state index contributed by atoms with van der Waals surface area (Å²) < 4.78 is 9.87. The van der Waals surface area contributed by atoms with Crippen LogP contribution >= 0.6 is 0 Å². The fourth-order valence-corrected chi connectivity index (χ4v) is 1.81. The molecule has 0 aromatic heterocycles. The predicted molar refractivity (Wildman–Crippen MR) is 57.8 cm³/mol. The Kier molecular flexibility index (Phi) is 5.25. The van der Waals surface area contributed by atoms with Gasteiger partial charge in [-0.1, -0.05) is 0 Å². The molecular weight excluding hydrogens is 210 g/mol. The topological polar surface area (TPSA) is 64.6 Å². The van der Waals surface area contributed by atoms with Crippen LogP contribution in [0.5, 0.6) is 0 Å². The van der Waals surface area contributed by atoms with E-state index >= 15 is 0 Å². The van der Waals surface area contributed by atoms with Crippen LogP contribution in [0.1, 0.15) is 26.7 Å². The van der Waals surface area contributed by atoms with Crippen molar-refractivity contribution in [1.29, 1.82) is 0 Å². The second kappa shape index (κ2) is 6.48. The maximum Gasteiger partial charge on any atom is 0.323 e. The molecule has 2 atom stereocenters. The number of ether oxygens (including phenoxy) is 2. The largest absolute Gasteiger partial charge is 0.466 e. The zero-order valence-corrected chi connectivity index (χ0v) is 9.82. The third-order valence-corrected chi connectivity index (χ3v) is 2.59. The van der Waals surface area contributed by atoms with E-state index in [-0.39, 0.29) is 23.9 Å². The Morgan fingerprint density at radius 2 is 1.81 bits per heavy atom. The molecule has 0 saturated carbocycles. The minimum absolute atomic E-state index is 0.185. The van der Waals surface area contributed by atoms with Crippen molar-refractivity contribution in [3.05, 3.63) is 0 Å². The summed E-state index contributed by atoms with van der Waals surface area (Å²) in [4.78, 5) is 23.0. The van der Waals surface area contributed by atoms with Crippen molar-refractivity contribution >= 4 is 11.9 Å². The molecule has 1 saturated heterocycles. The zero-order valence-electron chi connectivity index (χ0n) is 9.82. The summed E-state index contributed by atoms with van der Waals surface area (Å²) in [5.74, 6) is -0.676. The first-order chi connectivity index (χ1) is 7.69. The number of rotatable bonds is 4. The summed E-state index contributed by atoms with van der Waals surface area (Å²) in [6.07, 6.45) is 1.19. The van der Waals surface area contributed by atoms with Crippen molar-refractivity contribution < 1.29 is 19.1 Å². The fourth-order valence-electron chi connectivity index (χ4n) is 1.81. The molecule has 0 radical (unpaired) electrons. The van der Waals surface area contributed by atoms with Crippen LogP contribution < -0.4 is 5.32 Å². The smallest absolute Gasteiger partial charge is 0.323 e. The van der Waals surface area contributed by atoms with Crippen LogP contribution in [0.4, 0.5) is 0 Å². The van der Waals surface area contributed by atoms with E-state index in [9.17, 15) is 9.59 Å². The molecule has 1 fully saturated rings. The fraction of sp³-hybridized carbons (Fsp3) is 0.818. The molecule has 1 N–H and O–H groups in total. The molecule has 1 aliphatic heterocycles. The molecule has 1 aliphatic rings. The lowest BCUT2D eigenvalue weighted by Crippen LogP contribution is -2.46. The highest BCUT2D eigenvalue weighted by atomic mass is 16.5. The van der Waals surface area contributed by atoms with Gasteiger partial charge >= 0.3 is 11.9 Å². The highest BCUT2D eigenvalue weighted by molar-refractivity contribution is 5.78. The average molecular weight is 229 g/mol. The number of piperidine rings is 1. The van der Waals surface area contributed by atoms with Gasteiger partial charge in [-0.25, -0.2) is 0 Å². The number of carbonyl (C=O) groups excluding carboxylic acids is 2. The van der Waals surface area contributed by atoms with E-state index in [4.69, 9.17) is 9.47 Å². The lowest BCUT2D eigenvalue weighted by molar-refractivity contribution is -0.152. The summed E-state index contributed by atoms with van der Waals surface area (Å²) in [7, 11) is 0. The number of esters is 2. The molecule has 0 aromatic rings. The monoisotopic (exact) mass is 229 g/mol. The lowest BCUT2D eigenvalue weighted by atomic mass is 9.92. The first-order valence-electron chi connectivity index (χ1n) is 5.75. The Morgan fingerprint density at radius 1 is 1.19 bits per heavy atom. The lowest BCUT2D eigenvalue weighted by Gasteiger charge is -2.27. The van der Waals surface area contributed by atoms with E-state index in [0.717, 1.165) is 6.42 Å². The highest BCUT2D eigenvalue weighted by Gasteiger charge is 2.32. The highest BCUT2D eigenvalue weighted by Crippen LogP contribution is 2.18. The van der Waals surface area contributed by atoms with Crippen molar-refractivity contribution in [2.75, 3.05) is 19.8 Å². The van der Waals surface area contributed by atoms with E-state index in [0.29, 0.717) is 26.2 Å². The van der Waals surface area contributed by atoms with Gasteiger partial charge in [0.15, 0.2) is 0 Å². The molecule has 5 nitrogen and oxygen atoms in total. The Bertz CT molecular complexity index is 230. The van der Waals surface area contributed by atoms with Crippen LogP contribution in [0.15, 0.2) is 0 Å². The molecule has 0 amide bonds. The molecule has 0 bridgehead atoms. The molecular formula is C11H19NO4. The summed E-state index contributed by atoms with van der Waals surface area (Å²) in [6.45, 7) is 4.94. The van der Waals surface area contributed by atoms with Crippen LogP contribution in [-0.4, -0.2) is 37.7 Å². The molecule has 1 rings (SSSR count). The van der Waals surface area contributed by atoms with Gasteiger partial charge in [0, 0.05) is 0 Å². The first kappa shape index (κ1) is 13.0. The third kappa shape index (κ3) is 3.48. The maximum absolute atomic E-state index is 11.5. The van der Waals surface area contributed by atoms with Gasteiger partial charge < -0.3 is 14.8 Å². The first-order valence-corrected chi connectivity index (χ1v) is 5.75. The normalized spacial score (nSPS) is 24.9. The van der Waals surface area contributed by atoms with Gasteiger partial charge in [-0.05, 0) is 33.2 Å². The van der Waals surface area contributed by atoms with Crippen LogP contribution in [0.2, 0.25) is 0 Å². The van der Waals surface area contributed by atoms with E-state index in [1.54, 1.807) is 13.8 Å². The van der Waals surface area contributed by atoms with Gasteiger partial charge in [0.05, 0.1) is 19.1 Å². The standard InChI is InChI=1S/C11H19NO4/c1-3-15-10(13)8-5-6-12-9(7-8)11(14)16-4-2/h8-9,12H,3-7H2,1-2H3/t8-,9+/m1/s1. The van der Waals surface area contributed by atoms with E-state index in [1.807, 2.05) is 0 Å². The number of carbonyl (C=O) groups is 2. The Balaban J connectivity index is 2.46. The van der Waals surface area contributed by atoms with Gasteiger partial charge in [-0.15, -0.1) is 0 Å². The van der Waals surface area contributed by atoms with Gasteiger partial charge in [0.1, 0.15) is 6.04 Å². The van der Waals surface area contributed by atoms with Crippen LogP contribution in [0, 0.1) is 5.92 Å². The molecule has 0 spiro atoms. The zero-order chi connectivity index (χ0) is 12.0. The van der Waals surface area contributed by atoms with Crippen LogP contribution in [0.3, 0.4) is 0 Å². The quantitative estimate of drug-likeness (QED) is 0.710. The van der Waals surface area contributed by atoms with Crippen LogP contribution in [0.25, 0.3) is 0 Å². The summed E-state index contributed by atoms with van der Waals surface area (Å²) in [5.41, 5.74) is 0. The molecule has 92 valence electrons. The van der Waals surface area contributed by atoms with Crippen LogP contribution in [-0.2, 0) is 19.1 Å². The van der Waals surface area contributed by atoms with Crippen molar-refractivity contribution in [2.45, 2.75) is 32.7 Å². The summed E-state index contributed by atoms with van der Waals surface area (Å²) >= 11 is 0. The third-order valence-electron chi connectivity index (χ3n) is 2.59. The van der Waals surface area contributed by atoms with Gasteiger partial charge in [-0.3, -0.25) is 9.59 Å². The molecule has 0 aromatic carbocycles. The molecule has 0 aliphatic carbocycles. The average Bonchev–Trinajstić information content (AvgIpc) is 2.30. The Hall–Kier alpha value is -1.10. The SMILES string of the molecule is CCOC(=O)[C@@H]1CCN[C@H](C(=O)OCC)C1. The van der Waals surface area contributed by atoms with Gasteiger partial charge in [0.25, 0.3) is 0 Å². The molecule has 5 heteroatoms. The number of nitrogens with one attached hydrogen (secondary N) is 1. The van der Waals surface area contributed by atoms with E-state index < -0.39 is 0 Å². The minimum atomic E-state index is -0.372. The molecule has 1 heterocycles. The second-order valence-corrected chi connectivity index (χ2v) is 3.73. The van der Waals surface area contributed by atoms with Gasteiger partial charge in [0.2, 0.25) is 0 Å². The van der Waals surface area contributed by atoms with Crippen molar-refractivity contribution in [3.8, 4) is 0 Å². The minimum Gasteiger partial charge on any atom is -0.466 e. The molecule has 16 heavy (non-hydrogen) atoms. The second-order valence-electron chi connectivity index (χ2n) is 3.73. The van der Waals surface area contributed by atoms with Crippen molar-refractivity contribution in [2.24, 2.45) is 5.92 Å². The van der Waals surface area contributed by atoms with E-state index in [2.05, 4.69) is 5.32 Å². The van der Waals surface area contributed by atoms with Gasteiger partial charge in [-0.2, -0.15) is 0 Å². The summed E-state index contributed by atoms with van der Waals surface area (Å²) in [6, 6.07) is -0.372. The van der Waals surface area contributed by atoms with Crippen molar-refractivity contribution in [3.63, 3.8) is 0 Å². The van der Waals surface area contributed by atoms with E-state index in [1.165, 1.54) is 0 Å². The number of hydrogen-bond acceptors (Lipinski definition) is 5. The Labute approximate surface area is 95.5 Å². The number of hydrogen-bond donors (Lipinski definition) is 1. The predicted octanol–water partition coefficient (Wildman–Crippen LogP) is 0.481. The molecule has 0 unspecified atom stereocenters. The summed E-state index contributed by atoms with van der Waals surface area (Å²) in [5, 5.41) is 3.05. The maximum atomic E-state index is 11.5. The Morgan fingerprint density at radius 3 is 2.44 bits per heavy atom.